The van der Waals surface area contributed by atoms with E-state index in [1.54, 1.807) is 0 Å². The fourth-order valence-electron chi connectivity index (χ4n) is 1.78. The summed E-state index contributed by atoms with van der Waals surface area (Å²) in [6, 6.07) is 1.13. The molecular formula is C15H32O2Si. The van der Waals surface area contributed by atoms with Gasteiger partial charge in [0.05, 0.1) is 0 Å². The van der Waals surface area contributed by atoms with Gasteiger partial charge in [0.25, 0.3) is 0 Å². The van der Waals surface area contributed by atoms with Crippen molar-refractivity contribution >= 4 is 9.28 Å². The zero-order valence-corrected chi connectivity index (χ0v) is 13.6. The molecule has 0 rings (SSSR count). The number of hydrogen-bond donors (Lipinski definition) is 0. The zero-order chi connectivity index (χ0) is 13.5. The van der Waals surface area contributed by atoms with Crippen LogP contribution in [0.2, 0.25) is 6.04 Å². The maximum absolute atomic E-state index is 5.95. The van der Waals surface area contributed by atoms with Gasteiger partial charge in [0, 0.05) is 13.2 Å². The lowest BCUT2D eigenvalue weighted by Crippen LogP contribution is -2.24. The van der Waals surface area contributed by atoms with Gasteiger partial charge < -0.3 is 8.85 Å². The third-order valence-corrected chi connectivity index (χ3v) is 5.05. The highest BCUT2D eigenvalue weighted by Gasteiger charge is 2.12. The second kappa shape index (κ2) is 14.9. The van der Waals surface area contributed by atoms with Crippen LogP contribution in [-0.2, 0) is 8.85 Å². The predicted octanol–water partition coefficient (Wildman–Crippen LogP) is 4.59. The molecule has 108 valence electrons. The first kappa shape index (κ1) is 17.9. The van der Waals surface area contributed by atoms with Crippen molar-refractivity contribution in [2.75, 3.05) is 13.2 Å². The summed E-state index contributed by atoms with van der Waals surface area (Å²) < 4.78 is 11.9. The maximum Gasteiger partial charge on any atom is 0.321 e. The average Bonchev–Trinajstić information content (AvgIpc) is 2.39. The van der Waals surface area contributed by atoms with E-state index in [9.17, 15) is 0 Å². The Hall–Kier alpha value is -0.123. The summed E-state index contributed by atoms with van der Waals surface area (Å²) in [7, 11) is -1.40. The highest BCUT2D eigenvalue weighted by Crippen LogP contribution is 2.08. The first-order chi connectivity index (χ1) is 8.85. The van der Waals surface area contributed by atoms with Crippen molar-refractivity contribution in [1.82, 2.24) is 0 Å². The molecule has 18 heavy (non-hydrogen) atoms. The van der Waals surface area contributed by atoms with E-state index in [-0.39, 0.29) is 0 Å². The SMILES string of the molecule is C=CCCC[SiH](OCCCCC)OCCCCC. The monoisotopic (exact) mass is 272 g/mol. The van der Waals surface area contributed by atoms with E-state index in [2.05, 4.69) is 20.4 Å². The zero-order valence-electron chi connectivity index (χ0n) is 12.5. The minimum absolute atomic E-state index is 0.895. The lowest BCUT2D eigenvalue weighted by molar-refractivity contribution is 0.189. The normalized spacial score (nSPS) is 11.1. The van der Waals surface area contributed by atoms with E-state index in [1.807, 2.05) is 6.08 Å². The molecule has 0 saturated carbocycles. The van der Waals surface area contributed by atoms with Crippen LogP contribution in [0, 0.1) is 0 Å². The van der Waals surface area contributed by atoms with Gasteiger partial charge in [-0.05, 0) is 31.7 Å². The Morgan fingerprint density at radius 2 is 1.44 bits per heavy atom. The van der Waals surface area contributed by atoms with Crippen LogP contribution in [0.15, 0.2) is 12.7 Å². The molecule has 0 radical (unpaired) electrons. The third kappa shape index (κ3) is 12.3. The van der Waals surface area contributed by atoms with E-state index in [0.29, 0.717) is 0 Å². The van der Waals surface area contributed by atoms with Gasteiger partial charge in [0.2, 0.25) is 0 Å². The van der Waals surface area contributed by atoms with E-state index >= 15 is 0 Å². The Morgan fingerprint density at radius 1 is 0.889 bits per heavy atom. The lowest BCUT2D eigenvalue weighted by Gasteiger charge is -2.16. The van der Waals surface area contributed by atoms with Crippen LogP contribution in [0.5, 0.6) is 0 Å². The third-order valence-electron chi connectivity index (χ3n) is 2.95. The second-order valence-corrected chi connectivity index (χ2v) is 6.91. The van der Waals surface area contributed by atoms with Gasteiger partial charge in [-0.15, -0.1) is 6.58 Å². The van der Waals surface area contributed by atoms with Crippen molar-refractivity contribution < 1.29 is 8.85 Å². The van der Waals surface area contributed by atoms with Gasteiger partial charge in [-0.2, -0.15) is 0 Å². The molecule has 0 heterocycles. The molecule has 0 aliphatic heterocycles. The van der Waals surface area contributed by atoms with Gasteiger partial charge in [-0.3, -0.25) is 0 Å². The highest BCUT2D eigenvalue weighted by atomic mass is 28.3. The van der Waals surface area contributed by atoms with Crippen molar-refractivity contribution in [3.8, 4) is 0 Å². The van der Waals surface area contributed by atoms with Gasteiger partial charge >= 0.3 is 9.28 Å². The largest absolute Gasteiger partial charge is 0.397 e. The lowest BCUT2D eigenvalue weighted by atomic mass is 10.3. The molecule has 0 aromatic heterocycles. The van der Waals surface area contributed by atoms with E-state index < -0.39 is 9.28 Å². The van der Waals surface area contributed by atoms with Crippen LogP contribution in [-0.4, -0.2) is 22.5 Å². The molecule has 3 heteroatoms. The minimum Gasteiger partial charge on any atom is -0.397 e. The molecule has 0 aliphatic carbocycles. The smallest absolute Gasteiger partial charge is 0.321 e. The molecule has 2 nitrogen and oxygen atoms in total. The van der Waals surface area contributed by atoms with E-state index in [0.717, 1.165) is 25.7 Å². The van der Waals surface area contributed by atoms with Gasteiger partial charge in [-0.1, -0.05) is 45.6 Å². The fourth-order valence-corrected chi connectivity index (χ4v) is 3.64. The van der Waals surface area contributed by atoms with Crippen molar-refractivity contribution in [3.05, 3.63) is 12.7 Å². The molecule has 0 atom stereocenters. The van der Waals surface area contributed by atoms with E-state index in [1.165, 1.54) is 44.9 Å². The quantitative estimate of drug-likeness (QED) is 0.262. The van der Waals surface area contributed by atoms with Gasteiger partial charge in [0.15, 0.2) is 0 Å². The molecule has 0 N–H and O–H groups in total. The molecule has 0 unspecified atom stereocenters. The summed E-state index contributed by atoms with van der Waals surface area (Å²) >= 11 is 0. The Balaban J connectivity index is 3.65. The molecule has 0 amide bonds. The first-order valence-corrected chi connectivity index (χ1v) is 9.45. The molecule has 0 fully saturated rings. The van der Waals surface area contributed by atoms with Crippen LogP contribution in [0.4, 0.5) is 0 Å². The molecule has 0 aromatic rings. The maximum atomic E-state index is 5.95. The van der Waals surface area contributed by atoms with Gasteiger partial charge in [-0.25, -0.2) is 0 Å². The molecule has 0 saturated heterocycles. The van der Waals surface area contributed by atoms with Crippen LogP contribution in [0.3, 0.4) is 0 Å². The van der Waals surface area contributed by atoms with Crippen LogP contribution < -0.4 is 0 Å². The molecule has 0 aromatic carbocycles. The second-order valence-electron chi connectivity index (χ2n) is 4.80. The summed E-state index contributed by atoms with van der Waals surface area (Å²) in [6.45, 7) is 10.0. The summed E-state index contributed by atoms with van der Waals surface area (Å²) in [6.07, 6.45) is 11.6. The van der Waals surface area contributed by atoms with Crippen molar-refractivity contribution in [3.63, 3.8) is 0 Å². The summed E-state index contributed by atoms with van der Waals surface area (Å²) in [4.78, 5) is 0. The first-order valence-electron chi connectivity index (χ1n) is 7.69. The van der Waals surface area contributed by atoms with Crippen molar-refractivity contribution in [1.29, 1.82) is 0 Å². The Bertz CT molecular complexity index is 162. The summed E-state index contributed by atoms with van der Waals surface area (Å²) in [5, 5.41) is 0. The molecule has 0 aliphatic rings. The topological polar surface area (TPSA) is 18.5 Å². The Kier molecular flexibility index (Phi) is 14.8. The van der Waals surface area contributed by atoms with Gasteiger partial charge in [0.1, 0.15) is 0 Å². The number of allylic oxidation sites excluding steroid dienone is 1. The van der Waals surface area contributed by atoms with Crippen LogP contribution >= 0.6 is 0 Å². The minimum atomic E-state index is -1.40. The van der Waals surface area contributed by atoms with Crippen LogP contribution in [0.25, 0.3) is 0 Å². The fraction of sp³-hybridized carbons (Fsp3) is 0.867. The van der Waals surface area contributed by atoms with Crippen molar-refractivity contribution in [2.45, 2.75) is 71.3 Å². The Labute approximate surface area is 116 Å². The highest BCUT2D eigenvalue weighted by molar-refractivity contribution is 6.44. The molecular weight excluding hydrogens is 240 g/mol. The molecule has 0 spiro atoms. The Morgan fingerprint density at radius 3 is 1.89 bits per heavy atom. The van der Waals surface area contributed by atoms with Crippen LogP contribution in [0.1, 0.15) is 65.2 Å². The predicted molar refractivity (Wildman–Crippen MR) is 82.3 cm³/mol. The average molecular weight is 273 g/mol. The number of unbranched alkanes of at least 4 members (excludes halogenated alkanes) is 5. The standard InChI is InChI=1S/C15H32O2Si/c1-4-7-10-13-16-18(15-12-9-6-3)17-14-11-8-5-2/h6,18H,3-5,7-15H2,1-2H3. The number of rotatable bonds is 14. The van der Waals surface area contributed by atoms with Crippen molar-refractivity contribution in [2.24, 2.45) is 0 Å². The number of hydrogen-bond acceptors (Lipinski definition) is 2. The van der Waals surface area contributed by atoms with E-state index in [4.69, 9.17) is 8.85 Å². The molecule has 0 bridgehead atoms. The summed E-state index contributed by atoms with van der Waals surface area (Å²) in [5.41, 5.74) is 0. The summed E-state index contributed by atoms with van der Waals surface area (Å²) in [5.74, 6) is 0.